The van der Waals surface area contributed by atoms with E-state index in [0.717, 1.165) is 27.9 Å². The van der Waals surface area contributed by atoms with Gasteiger partial charge in [-0.3, -0.25) is 19.1 Å². The number of pyridine rings is 2. The van der Waals surface area contributed by atoms with E-state index < -0.39 is 0 Å². The third kappa shape index (κ3) is 4.82. The van der Waals surface area contributed by atoms with Crippen molar-refractivity contribution in [1.29, 1.82) is 0 Å². The number of benzene rings is 2. The first-order valence-corrected chi connectivity index (χ1v) is 12.7. The van der Waals surface area contributed by atoms with E-state index in [-0.39, 0.29) is 23.2 Å². The van der Waals surface area contributed by atoms with Crippen molar-refractivity contribution in [3.05, 3.63) is 123 Å². The molecule has 0 bridgehead atoms. The van der Waals surface area contributed by atoms with Crippen LogP contribution in [0.25, 0.3) is 32.4 Å². The van der Waals surface area contributed by atoms with Gasteiger partial charge in [-0.2, -0.15) is 0 Å². The third-order valence-corrected chi connectivity index (χ3v) is 6.70. The molecule has 39 heavy (non-hydrogen) atoms. The van der Waals surface area contributed by atoms with Crippen LogP contribution in [0.4, 0.5) is 11.5 Å². The number of aryl methyl sites for hydroxylation is 1. The van der Waals surface area contributed by atoms with Gasteiger partial charge in [0.2, 0.25) is 5.69 Å². The van der Waals surface area contributed by atoms with Crippen molar-refractivity contribution >= 4 is 22.3 Å². The highest BCUT2D eigenvalue weighted by atomic mass is 16.1. The first-order valence-electron chi connectivity index (χ1n) is 12.7. The molecule has 0 fully saturated rings. The molecule has 0 aliphatic rings. The van der Waals surface area contributed by atoms with Crippen molar-refractivity contribution in [1.82, 2.24) is 19.1 Å². The molecule has 0 spiro atoms. The Labute approximate surface area is 226 Å². The summed E-state index contributed by atoms with van der Waals surface area (Å²) in [6, 6.07) is 20.1. The molecule has 194 valence electrons. The molecule has 3 heterocycles. The fraction of sp³-hybridized carbons (Fsp3) is 0.194. The quantitative estimate of drug-likeness (QED) is 0.271. The number of fused-ring (bicyclic) bond motifs is 1. The van der Waals surface area contributed by atoms with E-state index in [4.69, 9.17) is 6.57 Å². The molecular formula is C31H28N6O2. The molecule has 8 nitrogen and oxygen atoms in total. The number of rotatable bonds is 6. The summed E-state index contributed by atoms with van der Waals surface area (Å²) >= 11 is 0. The van der Waals surface area contributed by atoms with Crippen LogP contribution < -0.4 is 16.4 Å². The highest BCUT2D eigenvalue weighted by Crippen LogP contribution is 2.31. The Morgan fingerprint density at radius 3 is 2.46 bits per heavy atom. The molecule has 5 aromatic rings. The van der Waals surface area contributed by atoms with Crippen LogP contribution in [-0.2, 0) is 0 Å². The Morgan fingerprint density at radius 2 is 1.74 bits per heavy atom. The first kappa shape index (κ1) is 25.6. The monoisotopic (exact) mass is 516 g/mol. The second-order valence-corrected chi connectivity index (χ2v) is 9.70. The van der Waals surface area contributed by atoms with Crippen LogP contribution in [0.5, 0.6) is 0 Å². The molecule has 0 unspecified atom stereocenters. The van der Waals surface area contributed by atoms with E-state index in [9.17, 15) is 9.59 Å². The number of anilines is 1. The summed E-state index contributed by atoms with van der Waals surface area (Å²) in [5.74, 6) is 0.963. The average Bonchev–Trinajstić information content (AvgIpc) is 2.93. The molecule has 2 aromatic carbocycles. The largest absolute Gasteiger partial charge is 0.371 e. The minimum Gasteiger partial charge on any atom is -0.371 e. The van der Waals surface area contributed by atoms with Crippen LogP contribution in [0.3, 0.4) is 0 Å². The summed E-state index contributed by atoms with van der Waals surface area (Å²) in [5, 5.41) is 4.67. The maximum absolute atomic E-state index is 14.4. The smallest absolute Gasteiger partial charge is 0.263 e. The maximum Gasteiger partial charge on any atom is 0.263 e. The maximum atomic E-state index is 14.4. The Balaban J connectivity index is 1.75. The average molecular weight is 517 g/mol. The fourth-order valence-electron chi connectivity index (χ4n) is 4.78. The Hall–Kier alpha value is -5.03. The molecule has 8 heteroatoms. The molecule has 0 aliphatic carbocycles. The molecule has 0 aliphatic heterocycles. The van der Waals surface area contributed by atoms with Gasteiger partial charge in [-0.1, -0.05) is 36.4 Å². The van der Waals surface area contributed by atoms with Crippen molar-refractivity contribution in [2.75, 3.05) is 5.32 Å². The van der Waals surface area contributed by atoms with Gasteiger partial charge >= 0.3 is 0 Å². The van der Waals surface area contributed by atoms with Crippen molar-refractivity contribution in [3.8, 4) is 16.8 Å². The number of nitrogens with one attached hydrogen (secondary N) is 1. The highest BCUT2D eigenvalue weighted by molar-refractivity contribution is 5.96. The molecule has 0 saturated heterocycles. The van der Waals surface area contributed by atoms with Gasteiger partial charge in [0.15, 0.2) is 0 Å². The van der Waals surface area contributed by atoms with Gasteiger partial charge in [-0.05, 0) is 68.5 Å². The number of hydrogen-bond donors (Lipinski definition) is 1. The summed E-state index contributed by atoms with van der Waals surface area (Å²) < 4.78 is 3.37. The van der Waals surface area contributed by atoms with Gasteiger partial charge in [0.25, 0.3) is 11.1 Å². The molecule has 1 atom stereocenters. The zero-order valence-electron chi connectivity index (χ0n) is 22.2. The molecule has 0 radical (unpaired) electrons. The zero-order valence-corrected chi connectivity index (χ0v) is 22.2. The zero-order chi connectivity index (χ0) is 27.7. The fourth-order valence-corrected chi connectivity index (χ4v) is 4.78. The van der Waals surface area contributed by atoms with Crippen LogP contribution in [0, 0.1) is 13.5 Å². The van der Waals surface area contributed by atoms with Crippen LogP contribution in [0.1, 0.15) is 44.4 Å². The predicted molar refractivity (Wildman–Crippen MR) is 155 cm³/mol. The summed E-state index contributed by atoms with van der Waals surface area (Å²) in [6.07, 6.45) is 3.31. The topological polar surface area (TPSA) is 86.2 Å². The lowest BCUT2D eigenvalue weighted by molar-refractivity contribution is 0.579. The van der Waals surface area contributed by atoms with Gasteiger partial charge in [-0.25, -0.2) is 9.83 Å². The number of para-hydroxylation sites is 1. The summed E-state index contributed by atoms with van der Waals surface area (Å²) in [4.78, 5) is 38.9. The van der Waals surface area contributed by atoms with Gasteiger partial charge in [-0.15, -0.1) is 0 Å². The molecule has 1 N–H and O–H groups in total. The lowest BCUT2D eigenvalue weighted by Gasteiger charge is -2.22. The summed E-state index contributed by atoms with van der Waals surface area (Å²) in [6.45, 7) is 15.1. The van der Waals surface area contributed by atoms with E-state index in [0.29, 0.717) is 22.7 Å². The van der Waals surface area contributed by atoms with Crippen LogP contribution in [-0.4, -0.2) is 19.1 Å². The van der Waals surface area contributed by atoms with Gasteiger partial charge < -0.3 is 9.88 Å². The molecule has 0 saturated carbocycles. The SMILES string of the molecule is [C-]#[N+]c1cnc(C)nc1N[C@@H](C)c1cc2cccc(-c3ccc(=O)n(C(C)C)c3)c2c(=O)n1-c1ccccc1. The minimum atomic E-state index is -0.372. The van der Waals surface area contributed by atoms with Gasteiger partial charge in [0.05, 0.1) is 18.0 Å². The Morgan fingerprint density at radius 1 is 0.974 bits per heavy atom. The molecule has 5 rings (SSSR count). The lowest BCUT2D eigenvalue weighted by atomic mass is 9.98. The van der Waals surface area contributed by atoms with Crippen LogP contribution in [0.2, 0.25) is 0 Å². The number of nitrogens with zero attached hydrogens (tertiary/aromatic N) is 5. The van der Waals surface area contributed by atoms with E-state index in [1.165, 1.54) is 6.20 Å². The highest BCUT2D eigenvalue weighted by Gasteiger charge is 2.20. The summed E-state index contributed by atoms with van der Waals surface area (Å²) in [5.41, 5.74) is 3.04. The number of hydrogen-bond acceptors (Lipinski definition) is 5. The van der Waals surface area contributed by atoms with Crippen molar-refractivity contribution < 1.29 is 0 Å². The van der Waals surface area contributed by atoms with Crippen LogP contribution >= 0.6 is 0 Å². The van der Waals surface area contributed by atoms with Gasteiger partial charge in [0, 0.05) is 35.9 Å². The van der Waals surface area contributed by atoms with E-state index in [1.54, 1.807) is 28.2 Å². The number of aromatic nitrogens is 4. The van der Waals surface area contributed by atoms with Crippen LogP contribution in [0.15, 0.2) is 88.7 Å². The minimum absolute atomic E-state index is 0.0160. The standard InChI is InChI=1S/C31H28N6O2/c1-19(2)36-18-23(14-15-28(36)38)25-13-9-10-22-16-27(20(3)34-30-26(32-5)17-33-21(4)35-30)37(31(39)29(22)25)24-11-7-6-8-12-24/h6-20H,1-4H3,(H,33,34,35)/t20-/m0/s1. The molecule has 3 aromatic heterocycles. The molecule has 0 amide bonds. The van der Waals surface area contributed by atoms with Crippen molar-refractivity contribution in [2.24, 2.45) is 0 Å². The third-order valence-electron chi connectivity index (χ3n) is 6.70. The predicted octanol–water partition coefficient (Wildman–Crippen LogP) is 6.22. The summed E-state index contributed by atoms with van der Waals surface area (Å²) in [7, 11) is 0. The second-order valence-electron chi connectivity index (χ2n) is 9.70. The van der Waals surface area contributed by atoms with Crippen molar-refractivity contribution in [3.63, 3.8) is 0 Å². The first-order chi connectivity index (χ1) is 18.8. The lowest BCUT2D eigenvalue weighted by Crippen LogP contribution is -2.26. The van der Waals surface area contributed by atoms with Gasteiger partial charge in [0.1, 0.15) is 11.6 Å². The Kier molecular flexibility index (Phi) is 6.82. The van der Waals surface area contributed by atoms with E-state index in [2.05, 4.69) is 20.1 Å². The second kappa shape index (κ2) is 10.4. The van der Waals surface area contributed by atoms with E-state index in [1.807, 2.05) is 81.6 Å². The Bertz CT molecular complexity index is 1850. The van der Waals surface area contributed by atoms with E-state index >= 15 is 0 Å². The normalized spacial score (nSPS) is 11.9. The molecular weight excluding hydrogens is 488 g/mol. The van der Waals surface area contributed by atoms with Crippen molar-refractivity contribution in [2.45, 2.75) is 39.8 Å².